The maximum atomic E-state index is 5.03. The van der Waals surface area contributed by atoms with Crippen molar-refractivity contribution in [3.63, 3.8) is 0 Å². The van der Waals surface area contributed by atoms with Crippen molar-refractivity contribution < 1.29 is 4.74 Å². The van der Waals surface area contributed by atoms with Crippen molar-refractivity contribution in [2.45, 2.75) is 32.2 Å². The third-order valence-electron chi connectivity index (χ3n) is 2.40. The van der Waals surface area contributed by atoms with Gasteiger partial charge in [-0.2, -0.15) is 0 Å². The summed E-state index contributed by atoms with van der Waals surface area (Å²) in [6, 6.07) is 0.514. The SMILES string of the molecule is COCC(C)NCC1CCC1. The average Bonchev–Trinajstić information content (AvgIpc) is 1.85. The summed E-state index contributed by atoms with van der Waals surface area (Å²) in [7, 11) is 1.75. The van der Waals surface area contributed by atoms with Crippen LogP contribution in [-0.2, 0) is 4.74 Å². The van der Waals surface area contributed by atoms with Crippen LogP contribution in [0.4, 0.5) is 0 Å². The molecule has 1 atom stereocenters. The van der Waals surface area contributed by atoms with Gasteiger partial charge in [-0.15, -0.1) is 0 Å². The van der Waals surface area contributed by atoms with E-state index >= 15 is 0 Å². The fraction of sp³-hybridized carbons (Fsp3) is 1.00. The van der Waals surface area contributed by atoms with Gasteiger partial charge in [0.2, 0.25) is 0 Å². The van der Waals surface area contributed by atoms with E-state index in [1.807, 2.05) is 0 Å². The highest BCUT2D eigenvalue weighted by Crippen LogP contribution is 2.25. The van der Waals surface area contributed by atoms with Crippen LogP contribution >= 0.6 is 0 Å². The first-order valence-corrected chi connectivity index (χ1v) is 4.55. The van der Waals surface area contributed by atoms with Crippen molar-refractivity contribution in [3.8, 4) is 0 Å². The topological polar surface area (TPSA) is 21.3 Å². The summed E-state index contributed by atoms with van der Waals surface area (Å²) in [6.07, 6.45) is 4.28. The summed E-state index contributed by atoms with van der Waals surface area (Å²) in [5, 5.41) is 3.46. The second-order valence-electron chi connectivity index (χ2n) is 3.56. The number of rotatable bonds is 5. The third kappa shape index (κ3) is 3.21. The van der Waals surface area contributed by atoms with E-state index in [4.69, 9.17) is 4.74 Å². The Hall–Kier alpha value is -0.0800. The predicted molar refractivity (Wildman–Crippen MR) is 46.7 cm³/mol. The van der Waals surface area contributed by atoms with Crippen molar-refractivity contribution in [1.29, 1.82) is 0 Å². The Labute approximate surface area is 69.3 Å². The molecule has 0 aromatic carbocycles. The van der Waals surface area contributed by atoms with Crippen LogP contribution in [0.1, 0.15) is 26.2 Å². The molecule has 2 nitrogen and oxygen atoms in total. The van der Waals surface area contributed by atoms with Gasteiger partial charge in [0.25, 0.3) is 0 Å². The molecule has 0 bridgehead atoms. The summed E-state index contributed by atoms with van der Waals surface area (Å²) in [6.45, 7) is 4.18. The average molecular weight is 157 g/mol. The Morgan fingerprint density at radius 3 is 2.73 bits per heavy atom. The Kier molecular flexibility index (Phi) is 3.87. The fourth-order valence-corrected chi connectivity index (χ4v) is 1.37. The first kappa shape index (κ1) is 9.01. The van der Waals surface area contributed by atoms with E-state index < -0.39 is 0 Å². The molecule has 1 aliphatic rings. The molecular weight excluding hydrogens is 138 g/mol. The summed E-state index contributed by atoms with van der Waals surface area (Å²) in [5.74, 6) is 0.953. The van der Waals surface area contributed by atoms with Crippen LogP contribution in [0.5, 0.6) is 0 Å². The minimum atomic E-state index is 0.514. The van der Waals surface area contributed by atoms with E-state index in [0.717, 1.165) is 12.5 Å². The van der Waals surface area contributed by atoms with Gasteiger partial charge in [-0.3, -0.25) is 0 Å². The zero-order valence-corrected chi connectivity index (χ0v) is 7.60. The molecule has 2 heteroatoms. The predicted octanol–water partition coefficient (Wildman–Crippen LogP) is 1.41. The molecule has 0 aromatic rings. The molecule has 1 fully saturated rings. The first-order chi connectivity index (χ1) is 5.33. The second kappa shape index (κ2) is 4.73. The maximum Gasteiger partial charge on any atom is 0.0613 e. The van der Waals surface area contributed by atoms with Gasteiger partial charge in [-0.1, -0.05) is 6.42 Å². The van der Waals surface area contributed by atoms with Crippen LogP contribution in [0.15, 0.2) is 0 Å². The number of nitrogens with one attached hydrogen (secondary N) is 1. The largest absolute Gasteiger partial charge is 0.383 e. The molecular formula is C9H19NO. The summed E-state index contributed by atoms with van der Waals surface area (Å²) in [4.78, 5) is 0. The van der Waals surface area contributed by atoms with Gasteiger partial charge >= 0.3 is 0 Å². The standard InChI is InChI=1S/C9H19NO/c1-8(7-11-2)10-6-9-4-3-5-9/h8-10H,3-7H2,1-2H3. The molecule has 0 radical (unpaired) electrons. The van der Waals surface area contributed by atoms with E-state index in [-0.39, 0.29) is 0 Å². The van der Waals surface area contributed by atoms with E-state index in [2.05, 4.69) is 12.2 Å². The summed E-state index contributed by atoms with van der Waals surface area (Å²) in [5.41, 5.74) is 0. The van der Waals surface area contributed by atoms with E-state index in [0.29, 0.717) is 6.04 Å². The Morgan fingerprint density at radius 1 is 1.55 bits per heavy atom. The molecule has 0 saturated heterocycles. The molecule has 0 spiro atoms. The molecule has 1 rings (SSSR count). The van der Waals surface area contributed by atoms with Crippen LogP contribution in [0.25, 0.3) is 0 Å². The van der Waals surface area contributed by atoms with Crippen LogP contribution in [0.2, 0.25) is 0 Å². The molecule has 1 unspecified atom stereocenters. The molecule has 0 heterocycles. The summed E-state index contributed by atoms with van der Waals surface area (Å²) < 4.78 is 5.03. The van der Waals surface area contributed by atoms with Gasteiger partial charge < -0.3 is 10.1 Å². The van der Waals surface area contributed by atoms with Crippen molar-refractivity contribution in [2.75, 3.05) is 20.3 Å². The highest BCUT2D eigenvalue weighted by molar-refractivity contribution is 4.73. The lowest BCUT2D eigenvalue weighted by Gasteiger charge is -2.27. The highest BCUT2D eigenvalue weighted by Gasteiger charge is 2.17. The van der Waals surface area contributed by atoms with E-state index in [1.54, 1.807) is 7.11 Å². The minimum absolute atomic E-state index is 0.514. The van der Waals surface area contributed by atoms with E-state index in [9.17, 15) is 0 Å². The van der Waals surface area contributed by atoms with Crippen LogP contribution in [-0.4, -0.2) is 26.3 Å². The Bertz CT molecular complexity index is 102. The lowest BCUT2D eigenvalue weighted by Crippen LogP contribution is -2.36. The highest BCUT2D eigenvalue weighted by atomic mass is 16.5. The first-order valence-electron chi connectivity index (χ1n) is 4.55. The second-order valence-corrected chi connectivity index (χ2v) is 3.56. The molecule has 1 N–H and O–H groups in total. The van der Waals surface area contributed by atoms with Gasteiger partial charge in [0.15, 0.2) is 0 Å². The lowest BCUT2D eigenvalue weighted by atomic mass is 9.85. The molecule has 0 amide bonds. The van der Waals surface area contributed by atoms with Crippen molar-refractivity contribution in [1.82, 2.24) is 5.32 Å². The monoisotopic (exact) mass is 157 g/mol. The van der Waals surface area contributed by atoms with Crippen molar-refractivity contribution in [3.05, 3.63) is 0 Å². The number of ether oxygens (including phenoxy) is 1. The van der Waals surface area contributed by atoms with Crippen LogP contribution < -0.4 is 5.32 Å². The van der Waals surface area contributed by atoms with Crippen molar-refractivity contribution >= 4 is 0 Å². The Morgan fingerprint density at radius 2 is 2.27 bits per heavy atom. The zero-order chi connectivity index (χ0) is 8.10. The van der Waals surface area contributed by atoms with Gasteiger partial charge in [-0.25, -0.2) is 0 Å². The molecule has 1 saturated carbocycles. The molecule has 0 aromatic heterocycles. The van der Waals surface area contributed by atoms with E-state index in [1.165, 1.54) is 25.8 Å². The molecule has 0 aliphatic heterocycles. The lowest BCUT2D eigenvalue weighted by molar-refractivity contribution is 0.165. The van der Waals surface area contributed by atoms with Gasteiger partial charge in [-0.05, 0) is 32.2 Å². The third-order valence-corrected chi connectivity index (χ3v) is 2.40. The number of methoxy groups -OCH3 is 1. The molecule has 1 aliphatic carbocycles. The maximum absolute atomic E-state index is 5.03. The Balaban J connectivity index is 1.92. The fourth-order valence-electron chi connectivity index (χ4n) is 1.37. The van der Waals surface area contributed by atoms with Gasteiger partial charge in [0.05, 0.1) is 6.61 Å². The number of hydrogen-bond acceptors (Lipinski definition) is 2. The molecule has 11 heavy (non-hydrogen) atoms. The molecule has 66 valence electrons. The van der Waals surface area contributed by atoms with Crippen LogP contribution in [0.3, 0.4) is 0 Å². The number of hydrogen-bond donors (Lipinski definition) is 1. The quantitative estimate of drug-likeness (QED) is 0.651. The van der Waals surface area contributed by atoms with Gasteiger partial charge in [0, 0.05) is 13.2 Å². The minimum Gasteiger partial charge on any atom is -0.383 e. The zero-order valence-electron chi connectivity index (χ0n) is 7.60. The van der Waals surface area contributed by atoms with Crippen molar-refractivity contribution in [2.24, 2.45) is 5.92 Å². The normalized spacial score (nSPS) is 21.3. The summed E-state index contributed by atoms with van der Waals surface area (Å²) >= 11 is 0. The van der Waals surface area contributed by atoms with Crippen LogP contribution in [0, 0.1) is 5.92 Å². The smallest absolute Gasteiger partial charge is 0.0613 e. The van der Waals surface area contributed by atoms with Gasteiger partial charge in [0.1, 0.15) is 0 Å².